The van der Waals surface area contributed by atoms with Crippen molar-refractivity contribution in [3.8, 4) is 5.75 Å². The molecule has 0 spiro atoms. The molecule has 3 fully saturated rings. The Bertz CT molecular complexity index is 768. The Morgan fingerprint density at radius 2 is 2.00 bits per heavy atom. The Hall–Kier alpha value is -1.99. The van der Waals surface area contributed by atoms with Gasteiger partial charge in [-0.2, -0.15) is 0 Å². The average molecular weight is 349 g/mol. The Kier molecular flexibility index (Phi) is 3.46. The molecule has 3 aliphatic rings. The minimum atomic E-state index is -1.53. The Labute approximate surface area is 144 Å². The number of carbonyl (C=O) groups is 2. The molecule has 1 aliphatic carbocycles. The number of aliphatic hydroxyl groups is 1. The largest absolute Gasteiger partial charge is 0.505 e. The molecule has 1 aromatic carbocycles. The second-order valence-electron chi connectivity index (χ2n) is 7.42. The van der Waals surface area contributed by atoms with Crippen LogP contribution in [0.1, 0.15) is 31.4 Å². The molecule has 1 aromatic rings. The zero-order valence-electron chi connectivity index (χ0n) is 14.0. The van der Waals surface area contributed by atoms with Crippen LogP contribution >= 0.6 is 0 Å². The van der Waals surface area contributed by atoms with E-state index in [2.05, 4.69) is 0 Å². The number of amides is 2. The van der Waals surface area contributed by atoms with E-state index in [0.717, 1.165) is 4.90 Å². The highest BCUT2D eigenvalue weighted by Crippen LogP contribution is 2.57. The van der Waals surface area contributed by atoms with Crippen molar-refractivity contribution in [2.45, 2.75) is 31.7 Å². The first-order valence-corrected chi connectivity index (χ1v) is 8.44. The maximum atomic E-state index is 13.7. The molecule has 0 aromatic heterocycles. The van der Waals surface area contributed by atoms with Crippen LogP contribution in [0.5, 0.6) is 5.75 Å². The van der Waals surface area contributed by atoms with Crippen LogP contribution in [0.15, 0.2) is 18.2 Å². The van der Waals surface area contributed by atoms with Gasteiger partial charge in [-0.25, -0.2) is 4.39 Å². The topological polar surface area (TPSA) is 87.1 Å². The van der Waals surface area contributed by atoms with E-state index in [-0.39, 0.29) is 17.7 Å². The molecule has 0 radical (unpaired) electrons. The molecule has 2 saturated heterocycles. The Morgan fingerprint density at radius 3 is 2.68 bits per heavy atom. The summed E-state index contributed by atoms with van der Waals surface area (Å²) in [6.07, 6.45) is 0.0996. The van der Waals surface area contributed by atoms with Gasteiger partial charge in [0.1, 0.15) is 0 Å². The minimum Gasteiger partial charge on any atom is -0.505 e. The van der Waals surface area contributed by atoms with Crippen molar-refractivity contribution in [2.75, 3.05) is 7.05 Å². The molecule has 2 aliphatic heterocycles. The number of imide groups is 1. The Balaban J connectivity index is 1.70. The lowest BCUT2D eigenvalue weighted by atomic mass is 9.65. The molecule has 0 unspecified atom stereocenters. The van der Waals surface area contributed by atoms with Crippen molar-refractivity contribution in [3.05, 3.63) is 29.6 Å². The predicted molar refractivity (Wildman–Crippen MR) is 83.5 cm³/mol. The fourth-order valence-corrected chi connectivity index (χ4v) is 4.73. The number of carbonyl (C=O) groups excluding carboxylic acids is 2. The first-order chi connectivity index (χ1) is 11.7. The van der Waals surface area contributed by atoms with E-state index >= 15 is 0 Å². The van der Waals surface area contributed by atoms with E-state index in [0.29, 0.717) is 18.4 Å². The summed E-state index contributed by atoms with van der Waals surface area (Å²) in [6, 6.07) is 3.96. The van der Waals surface area contributed by atoms with Crippen molar-refractivity contribution in [3.63, 3.8) is 0 Å². The smallest absolute Gasteiger partial charge is 0.233 e. The second-order valence-corrected chi connectivity index (χ2v) is 7.42. The van der Waals surface area contributed by atoms with Gasteiger partial charge in [0.25, 0.3) is 0 Å². The number of phenolic OH excluding ortho intramolecular Hbond substituents is 1. The van der Waals surface area contributed by atoms with Crippen LogP contribution in [0.2, 0.25) is 0 Å². The number of aromatic hydroxyl groups is 1. The van der Waals surface area contributed by atoms with Crippen LogP contribution < -0.4 is 0 Å². The first kappa shape index (κ1) is 16.5. The number of hydrogen-bond donors (Lipinski definition) is 2. The number of likely N-dealkylation sites (tertiary alicyclic amines) is 1. The zero-order valence-corrected chi connectivity index (χ0v) is 14.0. The molecule has 7 heteroatoms. The SMILES string of the molecule is C[C@H]1C[C@@H]2C(=O)N(C)C(=O)[C@@H]2[C@@H]2C[C@@H](c3ccc(O)c(F)c3)O[C@]12O. The summed E-state index contributed by atoms with van der Waals surface area (Å²) in [6.45, 7) is 1.80. The van der Waals surface area contributed by atoms with Gasteiger partial charge in [0.15, 0.2) is 17.4 Å². The maximum Gasteiger partial charge on any atom is 0.233 e. The maximum absolute atomic E-state index is 13.7. The quantitative estimate of drug-likeness (QED) is 0.752. The molecule has 134 valence electrons. The van der Waals surface area contributed by atoms with Gasteiger partial charge < -0.3 is 14.9 Å². The molecule has 6 nitrogen and oxygen atoms in total. The average Bonchev–Trinajstić information content (AvgIpc) is 3.03. The number of ether oxygens (including phenoxy) is 1. The van der Waals surface area contributed by atoms with Gasteiger partial charge in [-0.3, -0.25) is 14.5 Å². The minimum absolute atomic E-state index is 0.206. The predicted octanol–water partition coefficient (Wildman–Crippen LogP) is 1.57. The van der Waals surface area contributed by atoms with E-state index < -0.39 is 41.2 Å². The molecule has 4 rings (SSSR count). The van der Waals surface area contributed by atoms with Gasteiger partial charge in [0.2, 0.25) is 11.8 Å². The lowest BCUT2D eigenvalue weighted by Gasteiger charge is -2.43. The van der Waals surface area contributed by atoms with E-state index in [1.165, 1.54) is 19.2 Å². The van der Waals surface area contributed by atoms with Gasteiger partial charge >= 0.3 is 0 Å². The lowest BCUT2D eigenvalue weighted by molar-refractivity contribution is -0.265. The number of halogens is 1. The summed E-state index contributed by atoms with van der Waals surface area (Å²) in [5.74, 6) is -5.12. The lowest BCUT2D eigenvalue weighted by Crippen LogP contribution is -2.52. The fraction of sp³-hybridized carbons (Fsp3) is 0.556. The van der Waals surface area contributed by atoms with Gasteiger partial charge in [-0.05, 0) is 30.5 Å². The second kappa shape index (κ2) is 5.25. The highest BCUT2D eigenvalue weighted by Gasteiger charge is 2.65. The third-order valence-corrected chi connectivity index (χ3v) is 6.12. The summed E-state index contributed by atoms with van der Waals surface area (Å²) < 4.78 is 19.6. The van der Waals surface area contributed by atoms with Crippen LogP contribution in [0.4, 0.5) is 4.39 Å². The molecule has 25 heavy (non-hydrogen) atoms. The molecule has 0 bridgehead atoms. The normalized spacial score (nSPS) is 40.3. The van der Waals surface area contributed by atoms with Crippen molar-refractivity contribution in [1.82, 2.24) is 4.90 Å². The van der Waals surface area contributed by atoms with Crippen LogP contribution in [0.3, 0.4) is 0 Å². The van der Waals surface area contributed by atoms with Crippen molar-refractivity contribution >= 4 is 11.8 Å². The highest BCUT2D eigenvalue weighted by molar-refractivity contribution is 6.05. The number of hydrogen-bond acceptors (Lipinski definition) is 5. The van der Waals surface area contributed by atoms with E-state index in [9.17, 15) is 24.2 Å². The molecule has 2 amide bonds. The molecular formula is C18H20FNO5. The highest BCUT2D eigenvalue weighted by atomic mass is 19.1. The number of benzene rings is 1. The summed E-state index contributed by atoms with van der Waals surface area (Å²) in [5.41, 5.74) is 0.493. The third-order valence-electron chi connectivity index (χ3n) is 6.12. The number of fused-ring (bicyclic) bond motifs is 3. The molecule has 1 saturated carbocycles. The van der Waals surface area contributed by atoms with Gasteiger partial charge in [0.05, 0.1) is 17.9 Å². The summed E-state index contributed by atoms with van der Waals surface area (Å²) in [4.78, 5) is 26.0. The van der Waals surface area contributed by atoms with Crippen LogP contribution in [0, 0.1) is 29.5 Å². The van der Waals surface area contributed by atoms with Crippen molar-refractivity contribution in [2.24, 2.45) is 23.7 Å². The standard InChI is InChI=1S/C18H20FNO5/c1-8-5-10-15(17(23)20(2)16(10)22)11-7-14(25-18(8,11)24)9-3-4-13(21)12(19)6-9/h3-4,6,8,10-11,14-15,21,24H,5,7H2,1-2H3/t8-,10-,11-,14-,15-,18+/m0/s1. The van der Waals surface area contributed by atoms with E-state index in [1.807, 2.05) is 0 Å². The van der Waals surface area contributed by atoms with E-state index in [4.69, 9.17) is 4.74 Å². The van der Waals surface area contributed by atoms with Gasteiger partial charge in [0, 0.05) is 18.9 Å². The van der Waals surface area contributed by atoms with Crippen molar-refractivity contribution < 1.29 is 28.9 Å². The molecule has 2 N–H and O–H groups in total. The summed E-state index contributed by atoms with van der Waals surface area (Å²) >= 11 is 0. The van der Waals surface area contributed by atoms with Crippen molar-refractivity contribution in [1.29, 1.82) is 0 Å². The van der Waals surface area contributed by atoms with Gasteiger partial charge in [-0.15, -0.1) is 0 Å². The summed E-state index contributed by atoms with van der Waals surface area (Å²) in [5, 5.41) is 20.5. The number of rotatable bonds is 1. The third kappa shape index (κ3) is 2.15. The molecule has 2 heterocycles. The number of phenols is 1. The van der Waals surface area contributed by atoms with Gasteiger partial charge in [-0.1, -0.05) is 13.0 Å². The van der Waals surface area contributed by atoms with Crippen LogP contribution in [-0.2, 0) is 14.3 Å². The zero-order chi connectivity index (χ0) is 18.1. The van der Waals surface area contributed by atoms with Crippen LogP contribution in [-0.4, -0.2) is 39.8 Å². The van der Waals surface area contributed by atoms with E-state index in [1.54, 1.807) is 13.0 Å². The Morgan fingerprint density at radius 1 is 1.28 bits per heavy atom. The fourth-order valence-electron chi connectivity index (χ4n) is 4.73. The molecule has 6 atom stereocenters. The molecular weight excluding hydrogens is 329 g/mol. The summed E-state index contributed by atoms with van der Waals surface area (Å²) in [7, 11) is 1.47. The monoisotopic (exact) mass is 349 g/mol. The van der Waals surface area contributed by atoms with Crippen LogP contribution in [0.25, 0.3) is 0 Å². The number of nitrogens with zero attached hydrogens (tertiary/aromatic N) is 1. The first-order valence-electron chi connectivity index (χ1n) is 8.44.